The number of hydrogen-bond donors (Lipinski definition) is 0. The van der Waals surface area contributed by atoms with Crippen LogP contribution in [0.25, 0.3) is 0 Å². The van der Waals surface area contributed by atoms with Crippen LogP contribution in [0.4, 0.5) is 0 Å². The Labute approximate surface area is 165 Å². The van der Waals surface area contributed by atoms with Gasteiger partial charge < -0.3 is 14.5 Å². The summed E-state index contributed by atoms with van der Waals surface area (Å²) in [6, 6.07) is 14.1. The van der Waals surface area contributed by atoms with Crippen molar-refractivity contribution in [2.75, 3.05) is 33.7 Å². The molecule has 0 aromatic heterocycles. The van der Waals surface area contributed by atoms with Crippen LogP contribution in [-0.2, 0) is 0 Å². The van der Waals surface area contributed by atoms with Crippen molar-refractivity contribution >= 4 is 17.5 Å². The number of halogens is 1. The number of carbonyl (C=O) groups is 1. The Morgan fingerprint density at radius 2 is 1.89 bits per heavy atom. The zero-order valence-corrected chi connectivity index (χ0v) is 16.7. The van der Waals surface area contributed by atoms with E-state index in [2.05, 4.69) is 11.8 Å². The molecule has 0 spiro atoms. The van der Waals surface area contributed by atoms with Gasteiger partial charge in [-0.25, -0.2) is 0 Å². The standard InChI is InChI=1S/C21H24ClN3O2/c1-4-11-25(13-12-24(2)3)21(26)16-7-5-8-17(14-16)27-20-10-6-9-19(22)18(20)15-23/h5-10,14H,4,11-13H2,1-3H3. The van der Waals surface area contributed by atoms with Gasteiger partial charge in [-0.3, -0.25) is 4.79 Å². The molecule has 0 radical (unpaired) electrons. The number of nitrogens with zero attached hydrogens (tertiary/aromatic N) is 3. The van der Waals surface area contributed by atoms with Crippen LogP contribution >= 0.6 is 11.6 Å². The molecule has 2 aromatic rings. The summed E-state index contributed by atoms with van der Waals surface area (Å²) in [7, 11) is 3.97. The maximum absolute atomic E-state index is 12.9. The number of nitriles is 1. The third-order valence-electron chi connectivity index (χ3n) is 3.99. The fourth-order valence-electron chi connectivity index (χ4n) is 2.61. The number of likely N-dealkylation sites (N-methyl/N-ethyl adjacent to an activating group) is 1. The van der Waals surface area contributed by atoms with E-state index in [1.807, 2.05) is 25.1 Å². The van der Waals surface area contributed by atoms with E-state index in [4.69, 9.17) is 16.3 Å². The van der Waals surface area contributed by atoms with Crippen molar-refractivity contribution in [3.8, 4) is 17.6 Å². The van der Waals surface area contributed by atoms with Gasteiger partial charge in [0.25, 0.3) is 5.91 Å². The molecule has 0 saturated carbocycles. The molecule has 2 rings (SSSR count). The van der Waals surface area contributed by atoms with Crippen LogP contribution in [0.2, 0.25) is 5.02 Å². The van der Waals surface area contributed by atoms with E-state index in [0.29, 0.717) is 35.2 Å². The third-order valence-corrected chi connectivity index (χ3v) is 4.31. The van der Waals surface area contributed by atoms with Crippen molar-refractivity contribution in [3.63, 3.8) is 0 Å². The molecular formula is C21H24ClN3O2. The lowest BCUT2D eigenvalue weighted by Gasteiger charge is -2.24. The van der Waals surface area contributed by atoms with Crippen LogP contribution in [0, 0.1) is 11.3 Å². The quantitative estimate of drug-likeness (QED) is 0.675. The Morgan fingerprint density at radius 1 is 1.15 bits per heavy atom. The van der Waals surface area contributed by atoms with Gasteiger partial charge in [-0.05, 0) is 50.8 Å². The van der Waals surface area contributed by atoms with E-state index in [1.165, 1.54) is 0 Å². The van der Waals surface area contributed by atoms with Crippen LogP contribution in [-0.4, -0.2) is 49.4 Å². The lowest BCUT2D eigenvalue weighted by atomic mass is 10.1. The Balaban J connectivity index is 2.22. The van der Waals surface area contributed by atoms with Gasteiger partial charge in [0, 0.05) is 25.2 Å². The molecule has 0 aliphatic rings. The van der Waals surface area contributed by atoms with Gasteiger partial charge in [0.1, 0.15) is 23.1 Å². The summed E-state index contributed by atoms with van der Waals surface area (Å²) in [4.78, 5) is 16.8. The van der Waals surface area contributed by atoms with Crippen LogP contribution in [0.15, 0.2) is 42.5 Å². The third kappa shape index (κ3) is 5.72. The second-order valence-electron chi connectivity index (χ2n) is 6.45. The highest BCUT2D eigenvalue weighted by Gasteiger charge is 2.16. The maximum atomic E-state index is 12.9. The number of rotatable bonds is 8. The molecule has 6 heteroatoms. The van der Waals surface area contributed by atoms with E-state index >= 15 is 0 Å². The molecule has 0 heterocycles. The molecule has 0 saturated heterocycles. The smallest absolute Gasteiger partial charge is 0.254 e. The Bertz CT molecular complexity index is 830. The van der Waals surface area contributed by atoms with Crippen molar-refractivity contribution in [1.82, 2.24) is 9.80 Å². The molecule has 27 heavy (non-hydrogen) atoms. The van der Waals surface area contributed by atoms with Gasteiger partial charge in [-0.15, -0.1) is 0 Å². The number of amides is 1. The van der Waals surface area contributed by atoms with E-state index in [0.717, 1.165) is 13.0 Å². The molecule has 0 aliphatic heterocycles. The van der Waals surface area contributed by atoms with E-state index in [-0.39, 0.29) is 11.5 Å². The Morgan fingerprint density at radius 3 is 2.56 bits per heavy atom. The second kappa shape index (κ2) is 9.96. The first-order chi connectivity index (χ1) is 13.0. The van der Waals surface area contributed by atoms with Gasteiger partial charge in [0.2, 0.25) is 0 Å². The minimum Gasteiger partial charge on any atom is -0.456 e. The zero-order chi connectivity index (χ0) is 19.8. The molecule has 0 unspecified atom stereocenters. The van der Waals surface area contributed by atoms with Gasteiger partial charge in [-0.2, -0.15) is 5.26 Å². The van der Waals surface area contributed by atoms with Crippen molar-refractivity contribution in [1.29, 1.82) is 5.26 Å². The first-order valence-electron chi connectivity index (χ1n) is 8.86. The largest absolute Gasteiger partial charge is 0.456 e. The molecule has 2 aromatic carbocycles. The fourth-order valence-corrected chi connectivity index (χ4v) is 2.81. The minimum atomic E-state index is -0.0317. The van der Waals surface area contributed by atoms with E-state index in [1.54, 1.807) is 42.5 Å². The maximum Gasteiger partial charge on any atom is 0.254 e. The molecule has 5 nitrogen and oxygen atoms in total. The van der Waals surface area contributed by atoms with Crippen LogP contribution in [0.5, 0.6) is 11.5 Å². The highest BCUT2D eigenvalue weighted by molar-refractivity contribution is 6.31. The first kappa shape index (κ1) is 20.8. The van der Waals surface area contributed by atoms with Gasteiger partial charge in [0.15, 0.2) is 0 Å². The molecular weight excluding hydrogens is 362 g/mol. The SMILES string of the molecule is CCCN(CCN(C)C)C(=O)c1cccc(Oc2cccc(Cl)c2C#N)c1. The average molecular weight is 386 g/mol. The summed E-state index contributed by atoms with van der Waals surface area (Å²) in [5.74, 6) is 0.826. The van der Waals surface area contributed by atoms with Gasteiger partial charge in [0.05, 0.1) is 5.02 Å². The summed E-state index contributed by atoms with van der Waals surface area (Å²) in [6.45, 7) is 4.22. The predicted octanol–water partition coefficient (Wildman–Crippen LogP) is 4.42. The number of hydrogen-bond acceptors (Lipinski definition) is 4. The average Bonchev–Trinajstić information content (AvgIpc) is 2.65. The summed E-state index contributed by atoms with van der Waals surface area (Å²) >= 11 is 6.05. The summed E-state index contributed by atoms with van der Waals surface area (Å²) in [5, 5.41) is 9.61. The molecule has 142 valence electrons. The molecule has 0 aliphatic carbocycles. The topological polar surface area (TPSA) is 56.6 Å². The first-order valence-corrected chi connectivity index (χ1v) is 9.24. The summed E-state index contributed by atoms with van der Waals surface area (Å²) in [5.41, 5.74) is 0.828. The lowest BCUT2D eigenvalue weighted by molar-refractivity contribution is 0.0744. The highest BCUT2D eigenvalue weighted by Crippen LogP contribution is 2.30. The highest BCUT2D eigenvalue weighted by atomic mass is 35.5. The van der Waals surface area contributed by atoms with Crippen molar-refractivity contribution in [2.24, 2.45) is 0 Å². The predicted molar refractivity (Wildman–Crippen MR) is 107 cm³/mol. The molecule has 0 N–H and O–H groups in total. The Kier molecular flexibility index (Phi) is 7.66. The monoisotopic (exact) mass is 385 g/mol. The number of ether oxygens (including phenoxy) is 1. The normalized spacial score (nSPS) is 10.5. The fraction of sp³-hybridized carbons (Fsp3) is 0.333. The number of carbonyl (C=O) groups excluding carboxylic acids is 1. The van der Waals surface area contributed by atoms with Crippen molar-refractivity contribution in [2.45, 2.75) is 13.3 Å². The van der Waals surface area contributed by atoms with Crippen LogP contribution in [0.3, 0.4) is 0 Å². The zero-order valence-electron chi connectivity index (χ0n) is 15.9. The van der Waals surface area contributed by atoms with E-state index < -0.39 is 0 Å². The lowest BCUT2D eigenvalue weighted by Crippen LogP contribution is -2.37. The molecule has 0 bridgehead atoms. The van der Waals surface area contributed by atoms with Crippen molar-refractivity contribution < 1.29 is 9.53 Å². The molecule has 0 atom stereocenters. The van der Waals surface area contributed by atoms with Crippen LogP contribution in [0.1, 0.15) is 29.3 Å². The number of benzene rings is 2. The van der Waals surface area contributed by atoms with E-state index in [9.17, 15) is 10.1 Å². The second-order valence-corrected chi connectivity index (χ2v) is 6.86. The van der Waals surface area contributed by atoms with Gasteiger partial charge in [-0.1, -0.05) is 30.7 Å². The Hall–Kier alpha value is -2.55. The molecule has 0 fully saturated rings. The minimum absolute atomic E-state index is 0.0317. The van der Waals surface area contributed by atoms with Crippen molar-refractivity contribution in [3.05, 3.63) is 58.6 Å². The summed E-state index contributed by atoms with van der Waals surface area (Å²) < 4.78 is 5.82. The molecule has 1 amide bonds. The summed E-state index contributed by atoms with van der Waals surface area (Å²) in [6.07, 6.45) is 0.892. The van der Waals surface area contributed by atoms with Crippen LogP contribution < -0.4 is 4.74 Å². The van der Waals surface area contributed by atoms with Gasteiger partial charge >= 0.3 is 0 Å².